The summed E-state index contributed by atoms with van der Waals surface area (Å²) in [6.45, 7) is 0. The van der Waals surface area contributed by atoms with Gasteiger partial charge in [0.2, 0.25) is 0 Å². The zero-order valence-electron chi connectivity index (χ0n) is 11.3. The van der Waals surface area contributed by atoms with Crippen molar-refractivity contribution in [2.24, 2.45) is 0 Å². The number of nitrogens with zero attached hydrogens (tertiary/aromatic N) is 2. The van der Waals surface area contributed by atoms with E-state index in [1.807, 2.05) is 6.07 Å². The van der Waals surface area contributed by atoms with Crippen LogP contribution in [-0.4, -0.2) is 16.0 Å². The number of non-ortho nitro benzene ring substituents is 1. The van der Waals surface area contributed by atoms with E-state index in [-0.39, 0.29) is 11.3 Å². The van der Waals surface area contributed by atoms with E-state index < -0.39 is 10.9 Å². The molecule has 2 aromatic rings. The van der Waals surface area contributed by atoms with Crippen LogP contribution in [0.3, 0.4) is 0 Å². The zero-order chi connectivity index (χ0) is 16.1. The molecule has 0 aliphatic rings. The Morgan fingerprint density at radius 3 is 2.09 bits per heavy atom. The van der Waals surface area contributed by atoms with Crippen LogP contribution in [0.5, 0.6) is 0 Å². The summed E-state index contributed by atoms with van der Waals surface area (Å²) in [5.74, 6) is -1.04. The third kappa shape index (κ3) is 3.35. The van der Waals surface area contributed by atoms with Crippen molar-refractivity contribution in [1.29, 1.82) is 5.26 Å². The van der Waals surface area contributed by atoms with Crippen molar-refractivity contribution in [3.63, 3.8) is 0 Å². The highest BCUT2D eigenvalue weighted by Gasteiger charge is 2.06. The van der Waals surface area contributed by atoms with Crippen molar-refractivity contribution in [2.45, 2.75) is 0 Å². The number of carbonyl (C=O) groups is 1. The third-order valence-electron chi connectivity index (χ3n) is 2.98. The van der Waals surface area contributed by atoms with E-state index in [2.05, 4.69) is 0 Å². The molecule has 1 N–H and O–H groups in total. The number of nitro groups is 1. The smallest absolute Gasteiger partial charge is 0.335 e. The van der Waals surface area contributed by atoms with Crippen LogP contribution in [0.2, 0.25) is 0 Å². The van der Waals surface area contributed by atoms with Gasteiger partial charge in [0.05, 0.1) is 22.1 Å². The summed E-state index contributed by atoms with van der Waals surface area (Å²) >= 11 is 0. The van der Waals surface area contributed by atoms with Gasteiger partial charge in [0.25, 0.3) is 5.69 Å². The molecule has 0 heterocycles. The first-order valence-corrected chi connectivity index (χ1v) is 6.21. The van der Waals surface area contributed by atoms with Crippen LogP contribution >= 0.6 is 0 Å². The predicted molar refractivity (Wildman–Crippen MR) is 80.0 cm³/mol. The summed E-state index contributed by atoms with van der Waals surface area (Å²) in [6.07, 6.45) is 1.58. The van der Waals surface area contributed by atoms with Gasteiger partial charge in [-0.1, -0.05) is 12.1 Å². The maximum atomic E-state index is 10.8. The Morgan fingerprint density at radius 1 is 1.09 bits per heavy atom. The van der Waals surface area contributed by atoms with Crippen LogP contribution in [0, 0.1) is 21.4 Å². The molecule has 0 unspecified atom stereocenters. The Morgan fingerprint density at radius 2 is 1.64 bits per heavy atom. The molecule has 2 rings (SSSR count). The molecule has 0 aliphatic heterocycles. The molecule has 22 heavy (non-hydrogen) atoms. The highest BCUT2D eigenvalue weighted by molar-refractivity contribution is 5.92. The average molecular weight is 294 g/mol. The number of nitriles is 1. The van der Waals surface area contributed by atoms with E-state index in [1.54, 1.807) is 30.3 Å². The number of aromatic carboxylic acids is 1. The molecule has 6 nitrogen and oxygen atoms in total. The van der Waals surface area contributed by atoms with E-state index in [0.717, 1.165) is 0 Å². The second-order valence-corrected chi connectivity index (χ2v) is 4.40. The molecule has 2 aromatic carbocycles. The third-order valence-corrected chi connectivity index (χ3v) is 2.98. The van der Waals surface area contributed by atoms with Gasteiger partial charge in [-0.3, -0.25) is 10.1 Å². The van der Waals surface area contributed by atoms with Gasteiger partial charge in [0.15, 0.2) is 0 Å². The van der Waals surface area contributed by atoms with Crippen LogP contribution < -0.4 is 0 Å². The van der Waals surface area contributed by atoms with Crippen molar-refractivity contribution in [1.82, 2.24) is 0 Å². The van der Waals surface area contributed by atoms with Crippen molar-refractivity contribution in [3.05, 3.63) is 75.3 Å². The largest absolute Gasteiger partial charge is 0.478 e. The Hall–Kier alpha value is -3.46. The molecule has 6 heteroatoms. The minimum absolute atomic E-state index is 0.0264. The topological polar surface area (TPSA) is 104 Å². The highest BCUT2D eigenvalue weighted by Crippen LogP contribution is 2.20. The van der Waals surface area contributed by atoms with Gasteiger partial charge in [0, 0.05) is 12.1 Å². The fourth-order valence-corrected chi connectivity index (χ4v) is 1.83. The molecule has 0 radical (unpaired) electrons. The van der Waals surface area contributed by atoms with E-state index in [0.29, 0.717) is 16.7 Å². The predicted octanol–water partition coefficient (Wildman–Crippen LogP) is 3.36. The number of carboxylic acid groups (broad SMARTS) is 1. The Bertz CT molecular complexity index is 784. The first-order chi connectivity index (χ1) is 10.5. The number of hydrogen-bond acceptors (Lipinski definition) is 4. The van der Waals surface area contributed by atoms with Gasteiger partial charge in [-0.2, -0.15) is 5.26 Å². The van der Waals surface area contributed by atoms with E-state index in [4.69, 9.17) is 5.11 Å². The van der Waals surface area contributed by atoms with Crippen molar-refractivity contribution in [3.8, 4) is 6.07 Å². The van der Waals surface area contributed by atoms with Crippen LogP contribution in [0.4, 0.5) is 5.69 Å². The number of allylic oxidation sites excluding steroid dienone is 1. The summed E-state index contributed by atoms with van der Waals surface area (Å²) in [5, 5.41) is 28.7. The number of rotatable bonds is 4. The SMILES string of the molecule is N#C/C(=C\c1ccc([N+](=O)[O-])cc1)c1ccc(C(=O)O)cc1. The summed E-state index contributed by atoms with van der Waals surface area (Å²) < 4.78 is 0. The van der Waals surface area contributed by atoms with Crippen molar-refractivity contribution >= 4 is 23.3 Å². The number of hydrogen-bond donors (Lipinski definition) is 1. The second kappa shape index (κ2) is 6.33. The molecule has 0 bridgehead atoms. The zero-order valence-corrected chi connectivity index (χ0v) is 11.3. The molecule has 0 aromatic heterocycles. The molecule has 0 atom stereocenters. The molecule has 0 aliphatic carbocycles. The monoisotopic (exact) mass is 294 g/mol. The lowest BCUT2D eigenvalue weighted by Gasteiger charge is -2.01. The number of carboxylic acids is 1. The van der Waals surface area contributed by atoms with E-state index >= 15 is 0 Å². The Kier molecular flexibility index (Phi) is 4.30. The average Bonchev–Trinajstić information content (AvgIpc) is 2.53. The highest BCUT2D eigenvalue weighted by atomic mass is 16.6. The first-order valence-electron chi connectivity index (χ1n) is 6.21. The summed E-state index contributed by atoms with van der Waals surface area (Å²) in [6, 6.07) is 13.8. The van der Waals surface area contributed by atoms with Crippen LogP contribution in [0.1, 0.15) is 21.5 Å². The van der Waals surface area contributed by atoms with Crippen molar-refractivity contribution < 1.29 is 14.8 Å². The normalized spacial score (nSPS) is 10.8. The summed E-state index contributed by atoms with van der Waals surface area (Å²) in [4.78, 5) is 20.9. The summed E-state index contributed by atoms with van der Waals surface area (Å²) in [5.41, 5.74) is 1.67. The number of benzene rings is 2. The van der Waals surface area contributed by atoms with Crippen molar-refractivity contribution in [2.75, 3.05) is 0 Å². The van der Waals surface area contributed by atoms with Gasteiger partial charge in [-0.15, -0.1) is 0 Å². The first kappa shape index (κ1) is 14.9. The van der Waals surface area contributed by atoms with Gasteiger partial charge in [0.1, 0.15) is 0 Å². The maximum Gasteiger partial charge on any atom is 0.335 e. The number of nitro benzene ring substituents is 1. The lowest BCUT2D eigenvalue weighted by molar-refractivity contribution is -0.384. The maximum absolute atomic E-state index is 10.8. The molecule has 108 valence electrons. The molecule has 0 spiro atoms. The molecule has 0 saturated heterocycles. The lowest BCUT2D eigenvalue weighted by Crippen LogP contribution is -1.95. The van der Waals surface area contributed by atoms with Gasteiger partial charge in [-0.25, -0.2) is 4.79 Å². The minimum atomic E-state index is -1.04. The molecule has 0 amide bonds. The van der Waals surface area contributed by atoms with E-state index in [1.165, 1.54) is 24.3 Å². The molecule has 0 saturated carbocycles. The minimum Gasteiger partial charge on any atom is -0.478 e. The lowest BCUT2D eigenvalue weighted by atomic mass is 10.0. The van der Waals surface area contributed by atoms with Gasteiger partial charge in [-0.05, 0) is 41.5 Å². The molecular formula is C16H10N2O4. The standard InChI is InChI=1S/C16H10N2O4/c17-10-14(12-3-5-13(6-4-12)16(19)20)9-11-1-7-15(8-2-11)18(21)22/h1-9H,(H,19,20)/b14-9+. The second-order valence-electron chi connectivity index (χ2n) is 4.40. The molecule has 0 fully saturated rings. The van der Waals surface area contributed by atoms with Gasteiger partial charge < -0.3 is 5.11 Å². The van der Waals surface area contributed by atoms with Crippen LogP contribution in [0.15, 0.2) is 48.5 Å². The van der Waals surface area contributed by atoms with Crippen LogP contribution in [-0.2, 0) is 0 Å². The fraction of sp³-hybridized carbons (Fsp3) is 0. The Labute approximate surface area is 125 Å². The quantitative estimate of drug-likeness (QED) is 0.403. The fourth-order valence-electron chi connectivity index (χ4n) is 1.83. The van der Waals surface area contributed by atoms with Crippen LogP contribution in [0.25, 0.3) is 11.6 Å². The molecular weight excluding hydrogens is 284 g/mol. The van der Waals surface area contributed by atoms with E-state index in [9.17, 15) is 20.2 Å². The Balaban J connectivity index is 2.32. The summed E-state index contributed by atoms with van der Waals surface area (Å²) in [7, 11) is 0. The van der Waals surface area contributed by atoms with Gasteiger partial charge >= 0.3 is 5.97 Å².